The van der Waals surface area contributed by atoms with E-state index < -0.39 is 5.97 Å². The van der Waals surface area contributed by atoms with Crippen molar-refractivity contribution in [3.63, 3.8) is 0 Å². The predicted molar refractivity (Wildman–Crippen MR) is 62.1 cm³/mol. The molecule has 0 heterocycles. The minimum atomic E-state index is -0.843. The van der Waals surface area contributed by atoms with Gasteiger partial charge in [0.15, 0.2) is 0 Å². The fourth-order valence-corrected chi connectivity index (χ4v) is 1.67. The summed E-state index contributed by atoms with van der Waals surface area (Å²) in [6.45, 7) is 3.99. The van der Waals surface area contributed by atoms with Gasteiger partial charge >= 0.3 is 5.97 Å². The first kappa shape index (κ1) is 11.5. The lowest BCUT2D eigenvalue weighted by molar-refractivity contribution is 0.0695. The van der Waals surface area contributed by atoms with E-state index >= 15 is 0 Å². The Labute approximate surface area is 90.3 Å². The Kier molecular flexibility index (Phi) is 4.10. The second-order valence-corrected chi connectivity index (χ2v) is 3.43. The molecule has 0 atom stereocenters. The zero-order valence-electron chi connectivity index (χ0n) is 9.16. The van der Waals surface area contributed by atoms with Gasteiger partial charge in [0, 0.05) is 0 Å². The Morgan fingerprint density at radius 1 is 1.47 bits per heavy atom. The van der Waals surface area contributed by atoms with Crippen LogP contribution in [-0.2, 0) is 6.42 Å². The highest BCUT2D eigenvalue weighted by molar-refractivity contribution is 5.90. The zero-order valence-corrected chi connectivity index (χ0v) is 9.16. The summed E-state index contributed by atoms with van der Waals surface area (Å²) in [5.41, 5.74) is 2.37. The second-order valence-electron chi connectivity index (χ2n) is 3.43. The molecule has 0 aliphatic carbocycles. The Hall–Kier alpha value is -1.57. The van der Waals surface area contributed by atoms with Crippen molar-refractivity contribution in [3.8, 4) is 0 Å². The summed E-state index contributed by atoms with van der Waals surface area (Å²) in [5, 5.41) is 9.06. The van der Waals surface area contributed by atoms with Crippen LogP contribution in [0.5, 0.6) is 0 Å². The number of carboxylic acids is 1. The van der Waals surface area contributed by atoms with Gasteiger partial charge in [-0.3, -0.25) is 0 Å². The molecule has 0 aromatic heterocycles. The van der Waals surface area contributed by atoms with Crippen LogP contribution in [0.2, 0.25) is 0 Å². The molecule has 0 bridgehead atoms. The van der Waals surface area contributed by atoms with E-state index in [9.17, 15) is 4.79 Å². The Morgan fingerprint density at radius 2 is 2.20 bits per heavy atom. The van der Waals surface area contributed by atoms with Crippen LogP contribution in [0.25, 0.3) is 6.08 Å². The molecule has 80 valence electrons. The molecule has 1 aromatic carbocycles. The van der Waals surface area contributed by atoms with Crippen molar-refractivity contribution < 1.29 is 9.90 Å². The summed E-state index contributed by atoms with van der Waals surface area (Å²) in [6.07, 6.45) is 5.65. The normalized spacial score (nSPS) is 10.8. The van der Waals surface area contributed by atoms with Gasteiger partial charge < -0.3 is 5.11 Å². The van der Waals surface area contributed by atoms with Gasteiger partial charge in [-0.15, -0.1) is 0 Å². The maximum Gasteiger partial charge on any atom is 0.335 e. The van der Waals surface area contributed by atoms with Crippen LogP contribution < -0.4 is 0 Å². The SMILES string of the molecule is C/C=C/c1cccc(C(=O)O)c1CCC. The van der Waals surface area contributed by atoms with Crippen LogP contribution in [0.1, 0.15) is 41.8 Å². The van der Waals surface area contributed by atoms with E-state index in [1.165, 1.54) is 0 Å². The maximum absolute atomic E-state index is 11.0. The lowest BCUT2D eigenvalue weighted by Crippen LogP contribution is -2.04. The summed E-state index contributed by atoms with van der Waals surface area (Å²) in [7, 11) is 0. The molecule has 0 aliphatic heterocycles. The lowest BCUT2D eigenvalue weighted by Gasteiger charge is -2.08. The summed E-state index contributed by atoms with van der Waals surface area (Å²) in [6, 6.07) is 5.41. The van der Waals surface area contributed by atoms with E-state index in [1.54, 1.807) is 12.1 Å². The molecule has 2 nitrogen and oxygen atoms in total. The molecule has 1 aromatic rings. The van der Waals surface area contributed by atoms with Crippen LogP contribution in [0.4, 0.5) is 0 Å². The van der Waals surface area contributed by atoms with Crippen molar-refractivity contribution in [1.82, 2.24) is 0 Å². The van der Waals surface area contributed by atoms with Gasteiger partial charge in [0.2, 0.25) is 0 Å². The highest BCUT2D eigenvalue weighted by Gasteiger charge is 2.11. The predicted octanol–water partition coefficient (Wildman–Crippen LogP) is 3.37. The second kappa shape index (κ2) is 5.35. The van der Waals surface area contributed by atoms with Gasteiger partial charge in [-0.2, -0.15) is 0 Å². The zero-order chi connectivity index (χ0) is 11.3. The monoisotopic (exact) mass is 204 g/mol. The van der Waals surface area contributed by atoms with E-state index in [-0.39, 0.29) is 0 Å². The molecule has 2 heteroatoms. The summed E-state index contributed by atoms with van der Waals surface area (Å²) in [5.74, 6) is -0.843. The number of carboxylic acid groups (broad SMARTS) is 1. The number of rotatable bonds is 4. The first-order valence-corrected chi connectivity index (χ1v) is 5.18. The topological polar surface area (TPSA) is 37.3 Å². The van der Waals surface area contributed by atoms with E-state index in [0.717, 1.165) is 24.0 Å². The van der Waals surface area contributed by atoms with Crippen molar-refractivity contribution in [2.75, 3.05) is 0 Å². The first-order chi connectivity index (χ1) is 7.20. The Balaban J connectivity index is 3.27. The minimum absolute atomic E-state index is 0.424. The molecule has 0 saturated heterocycles. The smallest absolute Gasteiger partial charge is 0.335 e. The Bertz CT molecular complexity index is 378. The molecule has 0 spiro atoms. The molecule has 0 saturated carbocycles. The van der Waals surface area contributed by atoms with E-state index in [0.29, 0.717) is 5.56 Å². The largest absolute Gasteiger partial charge is 0.478 e. The van der Waals surface area contributed by atoms with Gasteiger partial charge in [0.1, 0.15) is 0 Å². The van der Waals surface area contributed by atoms with Gasteiger partial charge in [0.05, 0.1) is 5.56 Å². The number of hydrogen-bond acceptors (Lipinski definition) is 1. The molecule has 1 rings (SSSR count). The molecule has 1 N–H and O–H groups in total. The van der Waals surface area contributed by atoms with Gasteiger partial charge in [-0.05, 0) is 30.5 Å². The molecule has 0 fully saturated rings. The lowest BCUT2D eigenvalue weighted by atomic mass is 9.97. The van der Waals surface area contributed by atoms with Crippen molar-refractivity contribution in [2.24, 2.45) is 0 Å². The van der Waals surface area contributed by atoms with Gasteiger partial charge in [0.25, 0.3) is 0 Å². The highest BCUT2D eigenvalue weighted by Crippen LogP contribution is 2.18. The van der Waals surface area contributed by atoms with Gasteiger partial charge in [-0.1, -0.05) is 37.6 Å². The molecule has 0 radical (unpaired) electrons. The first-order valence-electron chi connectivity index (χ1n) is 5.18. The Morgan fingerprint density at radius 3 is 2.73 bits per heavy atom. The number of benzene rings is 1. The minimum Gasteiger partial charge on any atom is -0.478 e. The van der Waals surface area contributed by atoms with Crippen LogP contribution >= 0.6 is 0 Å². The third-order valence-electron chi connectivity index (χ3n) is 2.29. The molecule has 0 unspecified atom stereocenters. The number of aromatic carboxylic acids is 1. The van der Waals surface area contributed by atoms with Crippen LogP contribution in [0.3, 0.4) is 0 Å². The van der Waals surface area contributed by atoms with Gasteiger partial charge in [-0.25, -0.2) is 4.79 Å². The maximum atomic E-state index is 11.0. The third-order valence-corrected chi connectivity index (χ3v) is 2.29. The van der Waals surface area contributed by atoms with Crippen molar-refractivity contribution >= 4 is 12.0 Å². The standard InChI is InChI=1S/C13H16O2/c1-3-6-10-8-5-9-12(13(14)15)11(10)7-4-2/h3,5-6,8-9H,4,7H2,1-2H3,(H,14,15)/b6-3+. The van der Waals surface area contributed by atoms with Crippen molar-refractivity contribution in [3.05, 3.63) is 41.0 Å². The highest BCUT2D eigenvalue weighted by atomic mass is 16.4. The van der Waals surface area contributed by atoms with Crippen LogP contribution in [0.15, 0.2) is 24.3 Å². The van der Waals surface area contributed by atoms with E-state index in [4.69, 9.17) is 5.11 Å². The average molecular weight is 204 g/mol. The molecular formula is C13H16O2. The number of allylic oxidation sites excluding steroid dienone is 1. The van der Waals surface area contributed by atoms with Crippen LogP contribution in [-0.4, -0.2) is 11.1 Å². The fraction of sp³-hybridized carbons (Fsp3) is 0.308. The summed E-state index contributed by atoms with van der Waals surface area (Å²) < 4.78 is 0. The quantitative estimate of drug-likeness (QED) is 0.816. The van der Waals surface area contributed by atoms with Crippen molar-refractivity contribution in [2.45, 2.75) is 26.7 Å². The fourth-order valence-electron chi connectivity index (χ4n) is 1.67. The molecule has 0 amide bonds. The number of hydrogen-bond donors (Lipinski definition) is 1. The summed E-state index contributed by atoms with van der Waals surface area (Å²) >= 11 is 0. The molecule has 0 aliphatic rings. The van der Waals surface area contributed by atoms with E-state index in [1.807, 2.05) is 25.1 Å². The van der Waals surface area contributed by atoms with Crippen LogP contribution in [0, 0.1) is 0 Å². The van der Waals surface area contributed by atoms with E-state index in [2.05, 4.69) is 6.92 Å². The number of carbonyl (C=O) groups is 1. The summed E-state index contributed by atoms with van der Waals surface area (Å²) in [4.78, 5) is 11.0. The van der Waals surface area contributed by atoms with Crippen molar-refractivity contribution in [1.29, 1.82) is 0 Å². The third kappa shape index (κ3) is 2.69. The molecule has 15 heavy (non-hydrogen) atoms. The molecular weight excluding hydrogens is 188 g/mol. The average Bonchev–Trinajstić information content (AvgIpc) is 2.21.